The Morgan fingerprint density at radius 3 is 2.77 bits per heavy atom. The van der Waals surface area contributed by atoms with Gasteiger partial charge in [0.15, 0.2) is 11.6 Å². The topological polar surface area (TPSA) is 78.4 Å². The minimum absolute atomic E-state index is 0.0220. The number of hydrogen-bond donors (Lipinski definition) is 1. The number of hydrogen-bond acceptors (Lipinski definition) is 5. The molecular formula is C22H24FN5O2. The number of aryl methyl sites for hydroxylation is 1. The van der Waals surface area contributed by atoms with Crippen molar-refractivity contribution in [3.8, 4) is 0 Å². The van der Waals surface area contributed by atoms with E-state index in [1.54, 1.807) is 17.9 Å². The quantitative estimate of drug-likeness (QED) is 0.757. The molecule has 1 atom stereocenters. The summed E-state index contributed by atoms with van der Waals surface area (Å²) in [6.45, 7) is 3.12. The van der Waals surface area contributed by atoms with Crippen LogP contribution in [0.4, 0.5) is 26.5 Å². The van der Waals surface area contributed by atoms with Crippen LogP contribution in [0.3, 0.4) is 0 Å². The van der Waals surface area contributed by atoms with E-state index in [1.807, 2.05) is 6.07 Å². The maximum Gasteiger partial charge on any atom is 0.329 e. The zero-order chi connectivity index (χ0) is 20.8. The Labute approximate surface area is 174 Å². The van der Waals surface area contributed by atoms with Gasteiger partial charge in [-0.05, 0) is 49.9 Å². The van der Waals surface area contributed by atoms with Gasteiger partial charge in [0.05, 0.1) is 17.4 Å². The van der Waals surface area contributed by atoms with E-state index >= 15 is 0 Å². The number of halogens is 1. The number of carbonyl (C=O) groups is 2. The van der Waals surface area contributed by atoms with E-state index < -0.39 is 5.82 Å². The number of nitrogens with zero attached hydrogens (tertiary/aromatic N) is 4. The summed E-state index contributed by atoms with van der Waals surface area (Å²) in [5.74, 6) is 1.09. The van der Waals surface area contributed by atoms with Crippen molar-refractivity contribution < 1.29 is 14.0 Å². The van der Waals surface area contributed by atoms with Crippen LogP contribution in [-0.4, -0.2) is 40.9 Å². The van der Waals surface area contributed by atoms with Gasteiger partial charge in [0.1, 0.15) is 17.3 Å². The largest absolute Gasteiger partial charge is 0.366 e. The number of pyridine rings is 2. The smallest absolute Gasteiger partial charge is 0.329 e. The summed E-state index contributed by atoms with van der Waals surface area (Å²) < 4.78 is 13.5. The maximum atomic E-state index is 13.5. The van der Waals surface area contributed by atoms with Gasteiger partial charge in [0, 0.05) is 19.5 Å². The summed E-state index contributed by atoms with van der Waals surface area (Å²) in [6.07, 6.45) is 4.66. The Bertz CT molecular complexity index is 1020. The predicted molar refractivity (Wildman–Crippen MR) is 112 cm³/mol. The molecule has 156 valence electrons. The number of rotatable bonds is 5. The Hall–Kier alpha value is -3.03. The first kappa shape index (κ1) is 19.0. The number of amides is 2. The second-order valence-electron chi connectivity index (χ2n) is 8.40. The van der Waals surface area contributed by atoms with Crippen molar-refractivity contribution in [2.45, 2.75) is 45.1 Å². The van der Waals surface area contributed by atoms with Crippen LogP contribution >= 0.6 is 0 Å². The van der Waals surface area contributed by atoms with E-state index in [4.69, 9.17) is 0 Å². The van der Waals surface area contributed by atoms with E-state index in [2.05, 4.69) is 20.2 Å². The summed E-state index contributed by atoms with van der Waals surface area (Å²) in [6, 6.07) is 6.01. The van der Waals surface area contributed by atoms with Gasteiger partial charge in [-0.15, -0.1) is 0 Å². The molecule has 30 heavy (non-hydrogen) atoms. The molecule has 2 fully saturated rings. The molecule has 5 rings (SSSR count). The molecule has 8 heteroatoms. The van der Waals surface area contributed by atoms with Gasteiger partial charge in [-0.3, -0.25) is 15.0 Å². The fraction of sp³-hybridized carbons (Fsp3) is 0.455. The van der Waals surface area contributed by atoms with Crippen LogP contribution in [0.25, 0.3) is 0 Å². The first-order valence-electron chi connectivity index (χ1n) is 10.5. The van der Waals surface area contributed by atoms with Gasteiger partial charge in [-0.1, -0.05) is 12.8 Å². The van der Waals surface area contributed by atoms with E-state index in [0.717, 1.165) is 31.6 Å². The molecule has 2 aromatic rings. The van der Waals surface area contributed by atoms with Crippen molar-refractivity contribution in [2.75, 3.05) is 28.2 Å². The molecule has 2 aromatic heterocycles. The van der Waals surface area contributed by atoms with Crippen LogP contribution in [0.2, 0.25) is 0 Å². The molecule has 1 aliphatic carbocycles. The van der Waals surface area contributed by atoms with Gasteiger partial charge < -0.3 is 4.90 Å². The molecule has 0 aromatic carbocycles. The summed E-state index contributed by atoms with van der Waals surface area (Å²) >= 11 is 0. The van der Waals surface area contributed by atoms with E-state index in [9.17, 15) is 14.0 Å². The third-order valence-electron chi connectivity index (χ3n) is 6.19. The first-order chi connectivity index (χ1) is 14.5. The lowest BCUT2D eigenvalue weighted by Crippen LogP contribution is -2.48. The monoisotopic (exact) mass is 409 g/mol. The Kier molecular flexibility index (Phi) is 4.64. The molecule has 7 nitrogen and oxygen atoms in total. The zero-order valence-electron chi connectivity index (χ0n) is 16.9. The number of aromatic nitrogens is 2. The van der Waals surface area contributed by atoms with Gasteiger partial charge in [0.2, 0.25) is 0 Å². The van der Waals surface area contributed by atoms with Crippen molar-refractivity contribution >= 4 is 29.1 Å². The molecule has 3 aliphatic rings. The fourth-order valence-corrected chi connectivity index (χ4v) is 4.28. The number of anilines is 3. The number of nitrogens with one attached hydrogen (secondary N) is 1. The van der Waals surface area contributed by atoms with Crippen LogP contribution < -0.4 is 15.1 Å². The number of carbonyl (C=O) groups excluding carboxylic acids is 2. The van der Waals surface area contributed by atoms with Crippen LogP contribution in [0.5, 0.6) is 0 Å². The molecule has 1 saturated heterocycles. The van der Waals surface area contributed by atoms with Crippen LogP contribution in [-0.2, 0) is 0 Å². The lowest BCUT2D eigenvalue weighted by Gasteiger charge is -2.35. The molecule has 2 bridgehead atoms. The number of Topliss-reactive ketones (excluding diaryl/α,β-unsaturated/α-hetero) is 1. The molecule has 4 heterocycles. The van der Waals surface area contributed by atoms with Gasteiger partial charge >= 0.3 is 6.03 Å². The number of fused-ring (bicyclic) bond motifs is 4. The minimum Gasteiger partial charge on any atom is -0.366 e. The normalized spacial score (nSPS) is 19.6. The van der Waals surface area contributed by atoms with E-state index in [-0.39, 0.29) is 29.4 Å². The molecule has 2 aliphatic heterocycles. The Morgan fingerprint density at radius 1 is 1.17 bits per heavy atom. The highest BCUT2D eigenvalue weighted by Crippen LogP contribution is 2.39. The summed E-state index contributed by atoms with van der Waals surface area (Å²) in [5.41, 5.74) is 1.49. The van der Waals surface area contributed by atoms with Gasteiger partial charge in [-0.2, -0.15) is 0 Å². The van der Waals surface area contributed by atoms with Crippen LogP contribution in [0, 0.1) is 18.7 Å². The summed E-state index contributed by atoms with van der Waals surface area (Å²) in [5, 5.41) is 2.77. The average Bonchev–Trinajstić information content (AvgIpc) is 3.48. The average molecular weight is 409 g/mol. The highest BCUT2D eigenvalue weighted by Gasteiger charge is 2.40. The summed E-state index contributed by atoms with van der Waals surface area (Å²) in [4.78, 5) is 38.4. The minimum atomic E-state index is -0.418. The van der Waals surface area contributed by atoms with Crippen LogP contribution in [0.1, 0.15) is 48.3 Å². The summed E-state index contributed by atoms with van der Waals surface area (Å²) in [7, 11) is 0. The van der Waals surface area contributed by atoms with E-state index in [1.165, 1.54) is 25.0 Å². The number of urea groups is 1. The highest BCUT2D eigenvalue weighted by atomic mass is 19.1. The Morgan fingerprint density at radius 2 is 2.00 bits per heavy atom. The molecule has 2 amide bonds. The van der Waals surface area contributed by atoms with Crippen molar-refractivity contribution in [1.29, 1.82) is 0 Å². The third-order valence-corrected chi connectivity index (χ3v) is 6.19. The van der Waals surface area contributed by atoms with E-state index in [0.29, 0.717) is 23.9 Å². The van der Waals surface area contributed by atoms with Gasteiger partial charge in [0.25, 0.3) is 0 Å². The molecule has 0 radical (unpaired) electrons. The maximum absolute atomic E-state index is 13.5. The van der Waals surface area contributed by atoms with Crippen molar-refractivity contribution in [1.82, 2.24) is 9.97 Å². The zero-order valence-corrected chi connectivity index (χ0v) is 16.9. The third kappa shape index (κ3) is 3.51. The predicted octanol–water partition coefficient (Wildman–Crippen LogP) is 3.93. The molecular weight excluding hydrogens is 385 g/mol. The Balaban J connectivity index is 1.42. The molecule has 0 spiro atoms. The SMILES string of the molecule is Cc1nc(NC(=O)N2c3nc(C(=O)CCC4CC4)ccc3N3CC[C@H]2C3)ccc1F. The van der Waals surface area contributed by atoms with Crippen molar-refractivity contribution in [2.24, 2.45) is 5.92 Å². The number of ketones is 1. The lowest BCUT2D eigenvalue weighted by atomic mass is 10.1. The first-order valence-corrected chi connectivity index (χ1v) is 10.5. The second-order valence-corrected chi connectivity index (χ2v) is 8.40. The molecule has 1 N–H and O–H groups in total. The van der Waals surface area contributed by atoms with Crippen molar-refractivity contribution in [3.63, 3.8) is 0 Å². The molecule has 0 unspecified atom stereocenters. The second kappa shape index (κ2) is 7.34. The van der Waals surface area contributed by atoms with Crippen LogP contribution in [0.15, 0.2) is 24.3 Å². The fourth-order valence-electron chi connectivity index (χ4n) is 4.28. The van der Waals surface area contributed by atoms with Gasteiger partial charge in [-0.25, -0.2) is 19.2 Å². The highest BCUT2D eigenvalue weighted by molar-refractivity contribution is 6.05. The van der Waals surface area contributed by atoms with Crippen molar-refractivity contribution in [3.05, 3.63) is 41.5 Å². The standard InChI is InChI=1S/C22H24FN5O2/c1-13-16(23)5-9-20(24-13)26-22(30)28-15-10-11-27(12-15)18-7-6-17(25-21(18)28)19(29)8-4-14-2-3-14/h5-7,9,14-15H,2-4,8,10-12H2,1H3,(H,24,26,30)/t15-/m0/s1. The lowest BCUT2D eigenvalue weighted by molar-refractivity contribution is 0.0973. The molecule has 1 saturated carbocycles.